The number of aryl methyl sites for hydroxylation is 1. The van der Waals surface area contributed by atoms with Gasteiger partial charge in [-0.15, -0.1) is 0 Å². The lowest BCUT2D eigenvalue weighted by molar-refractivity contribution is 0.132. The molecule has 1 amide bonds. The number of carbonyl (C=O) groups excluding carboxylic acids is 1. The number of carbonyl (C=O) groups is 1. The minimum atomic E-state index is -0.409. The lowest BCUT2D eigenvalue weighted by Crippen LogP contribution is -2.19. The van der Waals surface area contributed by atoms with Gasteiger partial charge in [0.25, 0.3) is 0 Å². The first kappa shape index (κ1) is 17.2. The number of amides is 1. The molecule has 0 bridgehead atoms. The molecule has 27 heavy (non-hydrogen) atoms. The fraction of sp³-hybridized carbons (Fsp3) is 0.174. The van der Waals surface area contributed by atoms with Crippen LogP contribution < -0.4 is 10.1 Å². The van der Waals surface area contributed by atoms with E-state index in [4.69, 9.17) is 9.47 Å². The highest BCUT2D eigenvalue weighted by Gasteiger charge is 2.36. The Morgan fingerprint density at radius 1 is 0.889 bits per heavy atom. The average Bonchev–Trinajstić information content (AvgIpc) is 3.10. The fourth-order valence-electron chi connectivity index (χ4n) is 3.49. The molecular formula is C23H21NO3. The first-order chi connectivity index (χ1) is 13.1. The van der Waals surface area contributed by atoms with Crippen molar-refractivity contribution in [2.45, 2.75) is 19.1 Å². The number of hydrogen-bond acceptors (Lipinski definition) is 3. The topological polar surface area (TPSA) is 47.6 Å². The summed E-state index contributed by atoms with van der Waals surface area (Å²) in [5, 5.41) is 2.94. The largest absolute Gasteiger partial charge is 0.497 e. The Hall–Kier alpha value is -3.27. The summed E-state index contributed by atoms with van der Waals surface area (Å²) in [7, 11) is 1.63. The number of methoxy groups -OCH3 is 1. The zero-order valence-electron chi connectivity index (χ0n) is 15.3. The van der Waals surface area contributed by atoms with E-state index >= 15 is 0 Å². The molecule has 4 rings (SSSR count). The molecule has 2 atom stereocenters. The van der Waals surface area contributed by atoms with Crippen molar-refractivity contribution in [3.63, 3.8) is 0 Å². The normalized spacial score (nSPS) is 18.7. The minimum Gasteiger partial charge on any atom is -0.497 e. The lowest BCUT2D eigenvalue weighted by Gasteiger charge is -2.19. The molecule has 136 valence electrons. The summed E-state index contributed by atoms with van der Waals surface area (Å²) in [5.41, 5.74) is 5.39. The minimum absolute atomic E-state index is 0.255. The Kier molecular flexibility index (Phi) is 4.55. The zero-order chi connectivity index (χ0) is 18.8. The van der Waals surface area contributed by atoms with E-state index in [-0.39, 0.29) is 6.04 Å². The molecule has 3 aromatic carbocycles. The molecule has 0 spiro atoms. The van der Waals surface area contributed by atoms with Crippen LogP contribution in [0.3, 0.4) is 0 Å². The Bertz CT molecular complexity index is 983. The van der Waals surface area contributed by atoms with E-state index in [1.165, 1.54) is 5.56 Å². The highest BCUT2D eigenvalue weighted by molar-refractivity contribution is 5.72. The van der Waals surface area contributed by atoms with Gasteiger partial charge in [0, 0.05) is 0 Å². The number of nitrogens with one attached hydrogen (secondary N) is 1. The van der Waals surface area contributed by atoms with Gasteiger partial charge in [0.1, 0.15) is 5.75 Å². The van der Waals surface area contributed by atoms with Crippen LogP contribution in [0.1, 0.15) is 28.8 Å². The van der Waals surface area contributed by atoms with E-state index in [1.807, 2.05) is 36.4 Å². The highest BCUT2D eigenvalue weighted by Crippen LogP contribution is 2.38. The predicted octanol–water partition coefficient (Wildman–Crippen LogP) is 5.19. The van der Waals surface area contributed by atoms with Crippen LogP contribution in [0.25, 0.3) is 11.1 Å². The quantitative estimate of drug-likeness (QED) is 0.697. The van der Waals surface area contributed by atoms with Crippen LogP contribution >= 0.6 is 0 Å². The number of cyclic esters (lactones) is 1. The van der Waals surface area contributed by atoms with Crippen LogP contribution in [-0.4, -0.2) is 13.2 Å². The first-order valence-electron chi connectivity index (χ1n) is 8.92. The average molecular weight is 359 g/mol. The van der Waals surface area contributed by atoms with Crippen molar-refractivity contribution >= 4 is 6.09 Å². The first-order valence-corrected chi connectivity index (χ1v) is 8.92. The molecular weight excluding hydrogens is 338 g/mol. The van der Waals surface area contributed by atoms with Crippen molar-refractivity contribution in [1.82, 2.24) is 5.32 Å². The summed E-state index contributed by atoms with van der Waals surface area (Å²) in [6.45, 7) is 2.08. The maximum Gasteiger partial charge on any atom is 0.408 e. The summed E-state index contributed by atoms with van der Waals surface area (Å²) in [4.78, 5) is 12.0. The van der Waals surface area contributed by atoms with Crippen LogP contribution in [0, 0.1) is 6.92 Å². The molecule has 1 heterocycles. The third-order valence-corrected chi connectivity index (χ3v) is 4.83. The molecule has 0 saturated carbocycles. The molecule has 0 aromatic heterocycles. The number of rotatable bonds is 4. The molecule has 3 aromatic rings. The van der Waals surface area contributed by atoms with Crippen LogP contribution in [0.15, 0.2) is 72.8 Å². The molecule has 1 aliphatic rings. The van der Waals surface area contributed by atoms with Crippen molar-refractivity contribution in [3.05, 3.63) is 89.5 Å². The Balaban J connectivity index is 1.70. The zero-order valence-corrected chi connectivity index (χ0v) is 15.3. The molecule has 0 aliphatic carbocycles. The van der Waals surface area contributed by atoms with Gasteiger partial charge in [0.15, 0.2) is 6.10 Å². The molecule has 1 fully saturated rings. The summed E-state index contributed by atoms with van der Waals surface area (Å²) in [5.74, 6) is 0.739. The fourth-order valence-corrected chi connectivity index (χ4v) is 3.49. The van der Waals surface area contributed by atoms with Crippen LogP contribution in [0.4, 0.5) is 4.79 Å². The van der Waals surface area contributed by atoms with Gasteiger partial charge in [-0.05, 0) is 47.4 Å². The third kappa shape index (κ3) is 3.51. The van der Waals surface area contributed by atoms with Crippen LogP contribution in [-0.2, 0) is 4.74 Å². The Morgan fingerprint density at radius 3 is 2.37 bits per heavy atom. The van der Waals surface area contributed by atoms with Gasteiger partial charge in [0.05, 0.1) is 13.2 Å². The lowest BCUT2D eigenvalue weighted by atomic mass is 9.93. The van der Waals surface area contributed by atoms with E-state index in [9.17, 15) is 4.79 Å². The molecule has 4 heteroatoms. The van der Waals surface area contributed by atoms with Gasteiger partial charge in [-0.3, -0.25) is 0 Å². The Morgan fingerprint density at radius 2 is 1.59 bits per heavy atom. The van der Waals surface area contributed by atoms with Crippen molar-refractivity contribution in [1.29, 1.82) is 0 Å². The number of hydrogen-bond donors (Lipinski definition) is 1. The van der Waals surface area contributed by atoms with Crippen molar-refractivity contribution in [2.24, 2.45) is 0 Å². The third-order valence-electron chi connectivity index (χ3n) is 4.83. The monoisotopic (exact) mass is 359 g/mol. The van der Waals surface area contributed by atoms with Gasteiger partial charge in [0.2, 0.25) is 0 Å². The summed E-state index contributed by atoms with van der Waals surface area (Å²) >= 11 is 0. The van der Waals surface area contributed by atoms with Gasteiger partial charge >= 0.3 is 6.09 Å². The second-order valence-corrected chi connectivity index (χ2v) is 6.72. The van der Waals surface area contributed by atoms with Crippen molar-refractivity contribution < 1.29 is 14.3 Å². The number of ether oxygens (including phenoxy) is 2. The van der Waals surface area contributed by atoms with E-state index < -0.39 is 12.2 Å². The standard InChI is InChI=1S/C23H21NO3/c1-15-6-3-7-16(12-15)17-8-4-9-18(13-17)21-22(27-23(25)24-21)19-10-5-11-20(14-19)26-2/h3-14,21-22H,1-2H3,(H,24,25)/t21-,22-/m1/s1. The van der Waals surface area contributed by atoms with Crippen molar-refractivity contribution in [2.75, 3.05) is 7.11 Å². The van der Waals surface area contributed by atoms with Crippen molar-refractivity contribution in [3.8, 4) is 16.9 Å². The van der Waals surface area contributed by atoms with E-state index in [0.29, 0.717) is 0 Å². The van der Waals surface area contributed by atoms with E-state index in [2.05, 4.69) is 48.6 Å². The highest BCUT2D eigenvalue weighted by atomic mass is 16.6. The van der Waals surface area contributed by atoms with Gasteiger partial charge in [-0.2, -0.15) is 0 Å². The number of alkyl carbamates (subject to hydrolysis) is 1. The molecule has 1 aliphatic heterocycles. The van der Waals surface area contributed by atoms with E-state index in [1.54, 1.807) is 7.11 Å². The summed E-state index contributed by atoms with van der Waals surface area (Å²) < 4.78 is 10.9. The maximum atomic E-state index is 12.0. The molecule has 0 unspecified atom stereocenters. The van der Waals surface area contributed by atoms with Crippen LogP contribution in [0.5, 0.6) is 5.75 Å². The summed E-state index contributed by atoms with van der Waals surface area (Å²) in [6, 6.07) is 24.0. The maximum absolute atomic E-state index is 12.0. The Labute approximate surface area is 158 Å². The van der Waals surface area contributed by atoms with Gasteiger partial charge < -0.3 is 14.8 Å². The smallest absolute Gasteiger partial charge is 0.408 e. The molecule has 1 saturated heterocycles. The molecule has 4 nitrogen and oxygen atoms in total. The van der Waals surface area contributed by atoms with E-state index in [0.717, 1.165) is 28.0 Å². The second kappa shape index (κ2) is 7.16. The van der Waals surface area contributed by atoms with Crippen LogP contribution in [0.2, 0.25) is 0 Å². The molecule has 1 N–H and O–H groups in total. The SMILES string of the molecule is COc1cccc([C@H]2OC(=O)N[C@@H]2c2cccc(-c3cccc(C)c3)c2)c1. The predicted molar refractivity (Wildman–Crippen MR) is 105 cm³/mol. The van der Waals surface area contributed by atoms with Gasteiger partial charge in [-0.25, -0.2) is 4.79 Å². The number of benzene rings is 3. The second-order valence-electron chi connectivity index (χ2n) is 6.72. The van der Waals surface area contributed by atoms with Gasteiger partial charge in [-0.1, -0.05) is 60.2 Å². The summed E-state index contributed by atoms with van der Waals surface area (Å²) in [6.07, 6.45) is -0.811. The molecule has 0 radical (unpaired) electrons.